The minimum Gasteiger partial charge on any atom is -0.152 e. The van der Waals surface area contributed by atoms with Crippen LogP contribution in [0.15, 0.2) is 97.1 Å². The quantitative estimate of drug-likeness (QED) is 0.216. The Kier molecular flexibility index (Phi) is 9.87. The second-order valence-corrected chi connectivity index (χ2v) is 13.2. The van der Waals surface area contributed by atoms with E-state index in [4.69, 9.17) is 0 Å². The van der Waals surface area contributed by atoms with E-state index in [0.29, 0.717) is 0 Å². The Morgan fingerprint density at radius 2 is 0.333 bits per heavy atom. The Morgan fingerprint density at radius 1 is 0.222 bits per heavy atom. The van der Waals surface area contributed by atoms with Gasteiger partial charge in [-0.1, -0.05) is 97.1 Å². The van der Waals surface area contributed by atoms with Crippen LogP contribution in [0.5, 0.6) is 0 Å². The van der Waals surface area contributed by atoms with Crippen LogP contribution in [-0.2, 0) is 46.0 Å². The molecule has 10 aliphatic heterocycles. The third-order valence-corrected chi connectivity index (χ3v) is 10.5. The maximum absolute atomic E-state index is 2.30. The summed E-state index contributed by atoms with van der Waals surface area (Å²) in [7, 11) is 0. The van der Waals surface area contributed by atoms with Crippen molar-refractivity contribution in [2.75, 3.05) is 0 Å². The Bertz CT molecular complexity index is 907. The van der Waals surface area contributed by atoms with Crippen LogP contribution in [0, 0.1) is 0 Å². The molecule has 10 aliphatic rings. The Hall–Kier alpha value is -1.72. The lowest BCUT2D eigenvalue weighted by atomic mass is 10.2. The molecule has 0 radical (unpaired) electrons. The average molecular weight is 545 g/mol. The van der Waals surface area contributed by atoms with Crippen molar-refractivity contribution in [2.45, 2.75) is 46.0 Å². The highest BCUT2D eigenvalue weighted by atomic mass is 32.2. The summed E-state index contributed by atoms with van der Waals surface area (Å²) < 4.78 is 0. The summed E-state index contributed by atoms with van der Waals surface area (Å²) in [5.41, 5.74) is 11.3. The lowest BCUT2D eigenvalue weighted by molar-refractivity contribution is 1.29. The monoisotopic (exact) mass is 544 g/mol. The van der Waals surface area contributed by atoms with Gasteiger partial charge in [-0.25, -0.2) is 0 Å². The van der Waals surface area contributed by atoms with Gasteiger partial charge in [0.2, 0.25) is 0 Å². The van der Waals surface area contributed by atoms with Gasteiger partial charge in [0.15, 0.2) is 0 Å². The number of thioether (sulfide) groups is 4. The number of hydrogen-bond donors (Lipinski definition) is 0. The maximum atomic E-state index is 2.30. The number of hydrogen-bond acceptors (Lipinski definition) is 4. The molecule has 0 nitrogen and oxygen atoms in total. The highest BCUT2D eigenvalue weighted by Crippen LogP contribution is 2.25. The van der Waals surface area contributed by atoms with Crippen LogP contribution >= 0.6 is 47.0 Å². The maximum Gasteiger partial charge on any atom is 0.0187 e. The number of benzene rings is 4. The largest absolute Gasteiger partial charge is 0.152 e. The fourth-order valence-electron chi connectivity index (χ4n) is 4.07. The SMILES string of the molecule is c1cc2ccc1CSCc1ccc(cc1)CSCc1ccc(cc1)CSCc1ccc(cc1)CSC2. The average Bonchev–Trinajstić information content (AvgIpc) is 2.92. The molecule has 0 fully saturated rings. The first-order valence-corrected chi connectivity index (χ1v) is 17.0. The summed E-state index contributed by atoms with van der Waals surface area (Å²) in [6, 6.07) is 36.9. The van der Waals surface area contributed by atoms with Crippen molar-refractivity contribution in [3.8, 4) is 0 Å². The van der Waals surface area contributed by atoms with Gasteiger partial charge in [0.25, 0.3) is 0 Å². The van der Waals surface area contributed by atoms with Crippen molar-refractivity contribution in [2.24, 2.45) is 0 Å². The molecule has 0 saturated heterocycles. The number of rotatable bonds is 0. The predicted octanol–water partition coefficient (Wildman–Crippen LogP) is 9.73. The van der Waals surface area contributed by atoms with Gasteiger partial charge in [-0.15, -0.1) is 0 Å². The van der Waals surface area contributed by atoms with Crippen LogP contribution in [0.25, 0.3) is 0 Å². The molecular formula is C32H32S4. The van der Waals surface area contributed by atoms with Gasteiger partial charge in [0.1, 0.15) is 0 Å². The van der Waals surface area contributed by atoms with Gasteiger partial charge < -0.3 is 0 Å². The van der Waals surface area contributed by atoms with Crippen molar-refractivity contribution in [3.63, 3.8) is 0 Å². The summed E-state index contributed by atoms with van der Waals surface area (Å²) in [6.07, 6.45) is 0. The second-order valence-electron chi connectivity index (χ2n) is 9.24. The van der Waals surface area contributed by atoms with E-state index in [0.717, 1.165) is 46.0 Å². The summed E-state index contributed by atoms with van der Waals surface area (Å²) in [4.78, 5) is 0. The van der Waals surface area contributed by atoms with Gasteiger partial charge in [-0.05, 0) is 44.5 Å². The molecule has 0 atom stereocenters. The van der Waals surface area contributed by atoms with Crippen molar-refractivity contribution < 1.29 is 0 Å². The van der Waals surface area contributed by atoms with E-state index in [1.54, 1.807) is 0 Å². The fourth-order valence-corrected chi connectivity index (χ4v) is 7.91. The van der Waals surface area contributed by atoms with E-state index in [1.165, 1.54) is 44.5 Å². The molecule has 14 rings (SSSR count). The summed E-state index contributed by atoms with van der Waals surface area (Å²) in [6.45, 7) is 0. The van der Waals surface area contributed by atoms with Crippen molar-refractivity contribution in [1.29, 1.82) is 0 Å². The second kappa shape index (κ2) is 13.7. The Labute approximate surface area is 233 Å². The summed E-state index contributed by atoms with van der Waals surface area (Å²) in [5.74, 6) is 8.51. The molecule has 0 amide bonds. The Morgan fingerprint density at radius 3 is 0.444 bits per heavy atom. The van der Waals surface area contributed by atoms with Crippen LogP contribution in [0.2, 0.25) is 0 Å². The standard InChI is InChI=1S/C32H32S4/c1-2-26-4-3-25(1)17-33-19-27-5-7-29(8-6-27)21-35-23-31-13-15-32(16-14-31)24-36-22-30-11-9-28(10-12-30)20-34-18-26/h1-16H,17-24H2. The highest BCUT2D eigenvalue weighted by molar-refractivity contribution is 7.98. The zero-order valence-corrected chi connectivity index (χ0v) is 23.8. The van der Waals surface area contributed by atoms with Gasteiger partial charge >= 0.3 is 0 Å². The highest BCUT2D eigenvalue weighted by Gasteiger charge is 2.03. The van der Waals surface area contributed by atoms with E-state index in [-0.39, 0.29) is 0 Å². The minimum atomic E-state index is 1.06. The topological polar surface area (TPSA) is 0 Å². The third-order valence-electron chi connectivity index (χ3n) is 6.24. The molecule has 0 saturated carbocycles. The molecule has 36 heavy (non-hydrogen) atoms. The molecule has 184 valence electrons. The zero-order valence-electron chi connectivity index (χ0n) is 20.5. The molecule has 8 bridgehead atoms. The zero-order chi connectivity index (χ0) is 24.4. The van der Waals surface area contributed by atoms with Crippen molar-refractivity contribution in [1.82, 2.24) is 0 Å². The Balaban J connectivity index is 1.23. The normalized spacial score (nSPS) is 15.6. The molecule has 4 aromatic rings. The first kappa shape index (κ1) is 25.9. The lowest BCUT2D eigenvalue weighted by Crippen LogP contribution is -1.89. The van der Waals surface area contributed by atoms with Gasteiger partial charge in [-0.3, -0.25) is 0 Å². The van der Waals surface area contributed by atoms with Gasteiger partial charge in [-0.2, -0.15) is 47.0 Å². The van der Waals surface area contributed by atoms with Gasteiger partial charge in [0, 0.05) is 46.0 Å². The van der Waals surface area contributed by atoms with E-state index >= 15 is 0 Å². The molecule has 10 heterocycles. The van der Waals surface area contributed by atoms with Crippen LogP contribution in [-0.4, -0.2) is 0 Å². The van der Waals surface area contributed by atoms with E-state index in [9.17, 15) is 0 Å². The first-order valence-electron chi connectivity index (χ1n) is 12.4. The van der Waals surface area contributed by atoms with Crippen molar-refractivity contribution in [3.05, 3.63) is 142 Å². The molecule has 0 aromatic heterocycles. The smallest absolute Gasteiger partial charge is 0.0187 e. The van der Waals surface area contributed by atoms with Crippen LogP contribution < -0.4 is 0 Å². The summed E-state index contributed by atoms with van der Waals surface area (Å²) in [5, 5.41) is 0. The molecule has 0 unspecified atom stereocenters. The molecule has 4 aromatic carbocycles. The third kappa shape index (κ3) is 8.14. The lowest BCUT2D eigenvalue weighted by Gasteiger charge is -2.08. The molecule has 4 heteroatoms. The van der Waals surface area contributed by atoms with E-state index in [2.05, 4.69) is 97.1 Å². The molecule has 0 N–H and O–H groups in total. The van der Waals surface area contributed by atoms with Crippen molar-refractivity contribution >= 4 is 47.0 Å². The molecule has 0 spiro atoms. The fraction of sp³-hybridized carbons (Fsp3) is 0.250. The van der Waals surface area contributed by atoms with E-state index in [1.807, 2.05) is 47.0 Å². The predicted molar refractivity (Wildman–Crippen MR) is 166 cm³/mol. The van der Waals surface area contributed by atoms with Crippen LogP contribution in [0.4, 0.5) is 0 Å². The van der Waals surface area contributed by atoms with Gasteiger partial charge in [0.05, 0.1) is 0 Å². The first-order chi connectivity index (χ1) is 17.8. The minimum absolute atomic E-state index is 1.06. The molecular weight excluding hydrogens is 513 g/mol. The van der Waals surface area contributed by atoms with E-state index < -0.39 is 0 Å². The van der Waals surface area contributed by atoms with Crippen LogP contribution in [0.3, 0.4) is 0 Å². The van der Waals surface area contributed by atoms with Crippen LogP contribution in [0.1, 0.15) is 44.5 Å². The molecule has 0 aliphatic carbocycles. The summed E-state index contributed by atoms with van der Waals surface area (Å²) >= 11 is 7.99.